The lowest BCUT2D eigenvalue weighted by molar-refractivity contribution is -0.126. The van der Waals surface area contributed by atoms with Crippen LogP contribution in [-0.4, -0.2) is 33.4 Å². The Bertz CT molecular complexity index is 1300. The third-order valence-corrected chi connectivity index (χ3v) is 7.35. The van der Waals surface area contributed by atoms with Crippen LogP contribution in [0.1, 0.15) is 35.8 Å². The minimum Gasteiger partial charge on any atom is -0.346 e. The summed E-state index contributed by atoms with van der Waals surface area (Å²) in [6.45, 7) is 2.17. The second-order valence-corrected chi connectivity index (χ2v) is 9.22. The van der Waals surface area contributed by atoms with Crippen molar-refractivity contribution in [1.82, 2.24) is 14.5 Å². The highest BCUT2D eigenvalue weighted by molar-refractivity contribution is 7.18. The molecule has 3 heterocycles. The molecular weight excluding hydrogens is 416 g/mol. The van der Waals surface area contributed by atoms with E-state index in [9.17, 15) is 4.79 Å². The number of aryl methyl sites for hydroxylation is 1. The van der Waals surface area contributed by atoms with Crippen LogP contribution < -0.4 is 0 Å². The molecule has 1 fully saturated rings. The number of hydrogen-bond acceptors (Lipinski definition) is 4. The van der Waals surface area contributed by atoms with Gasteiger partial charge >= 0.3 is 0 Å². The van der Waals surface area contributed by atoms with E-state index in [2.05, 4.69) is 41.0 Å². The van der Waals surface area contributed by atoms with E-state index in [1.54, 1.807) is 17.4 Å². The monoisotopic (exact) mass is 440 g/mol. The van der Waals surface area contributed by atoms with Crippen molar-refractivity contribution in [2.45, 2.75) is 31.7 Å². The zero-order valence-electron chi connectivity index (χ0n) is 17.8. The lowest BCUT2D eigenvalue weighted by Gasteiger charge is -2.30. The van der Waals surface area contributed by atoms with E-state index < -0.39 is 0 Å². The molecule has 0 saturated carbocycles. The van der Waals surface area contributed by atoms with E-state index in [1.807, 2.05) is 35.4 Å². The van der Waals surface area contributed by atoms with Crippen LogP contribution in [0.5, 0.6) is 0 Å². The summed E-state index contributed by atoms with van der Waals surface area (Å²) in [6.07, 6.45) is 8.00. The Morgan fingerprint density at radius 2 is 1.94 bits per heavy atom. The second kappa shape index (κ2) is 8.97. The fourth-order valence-corrected chi connectivity index (χ4v) is 5.58. The van der Waals surface area contributed by atoms with Crippen molar-refractivity contribution in [3.05, 3.63) is 71.4 Å². The molecule has 0 bridgehead atoms. The number of hydrogen-bond donors (Lipinski definition) is 0. The van der Waals surface area contributed by atoms with Crippen molar-refractivity contribution in [2.75, 3.05) is 13.1 Å². The van der Waals surface area contributed by atoms with Gasteiger partial charge in [-0.05, 0) is 37.1 Å². The number of benzene rings is 2. The topological polar surface area (TPSA) is 61.9 Å². The standard InChI is InChI=1S/C26H24N4OS/c27-14-5-15-30-18-20(21-6-1-3-8-23(21)30)10-11-25(31)29-16-12-19(13-17-29)26-28-22-7-2-4-9-24(22)32-26/h1-4,6-11,18-19H,5,12-13,15-17H2/b11-10+. The molecule has 2 aromatic carbocycles. The van der Waals surface area contributed by atoms with E-state index in [0.717, 1.165) is 47.9 Å². The van der Waals surface area contributed by atoms with Crippen LogP contribution in [0.2, 0.25) is 0 Å². The van der Waals surface area contributed by atoms with Gasteiger partial charge in [0.25, 0.3) is 0 Å². The average Bonchev–Trinajstić information content (AvgIpc) is 3.43. The maximum absolute atomic E-state index is 12.8. The molecule has 2 aromatic heterocycles. The number of piperidine rings is 1. The van der Waals surface area contributed by atoms with Gasteiger partial charge < -0.3 is 9.47 Å². The summed E-state index contributed by atoms with van der Waals surface area (Å²) in [5.41, 5.74) is 3.17. The number of para-hydroxylation sites is 2. The Morgan fingerprint density at radius 3 is 2.75 bits per heavy atom. The van der Waals surface area contributed by atoms with E-state index in [0.29, 0.717) is 18.9 Å². The molecule has 0 aliphatic carbocycles. The highest BCUT2D eigenvalue weighted by Gasteiger charge is 2.25. The SMILES string of the molecule is N#CCCn1cc(/C=C/C(=O)N2CCC(c3nc4ccccc4s3)CC2)c2ccccc21. The number of nitrogens with zero attached hydrogens (tertiary/aromatic N) is 4. The molecule has 32 heavy (non-hydrogen) atoms. The van der Waals surface area contributed by atoms with Gasteiger partial charge in [0.15, 0.2) is 0 Å². The first-order chi connectivity index (χ1) is 15.7. The predicted molar refractivity (Wildman–Crippen MR) is 129 cm³/mol. The van der Waals surface area contributed by atoms with Crippen molar-refractivity contribution >= 4 is 44.4 Å². The number of nitriles is 1. The van der Waals surface area contributed by atoms with E-state index in [-0.39, 0.29) is 5.91 Å². The Balaban J connectivity index is 1.25. The number of carbonyl (C=O) groups excluding carboxylic acids is 1. The summed E-state index contributed by atoms with van der Waals surface area (Å²) >= 11 is 1.78. The molecule has 1 amide bonds. The highest BCUT2D eigenvalue weighted by atomic mass is 32.1. The van der Waals surface area contributed by atoms with Crippen molar-refractivity contribution in [3.63, 3.8) is 0 Å². The number of thiazole rings is 1. The van der Waals surface area contributed by atoms with Gasteiger partial charge in [-0.3, -0.25) is 4.79 Å². The number of carbonyl (C=O) groups is 1. The Hall–Kier alpha value is -3.43. The molecule has 5 rings (SSSR count). The molecule has 0 N–H and O–H groups in total. The fraction of sp³-hybridized carbons (Fsp3) is 0.269. The summed E-state index contributed by atoms with van der Waals surface area (Å²) in [5.74, 6) is 0.486. The summed E-state index contributed by atoms with van der Waals surface area (Å²) in [4.78, 5) is 19.6. The third kappa shape index (κ3) is 4.04. The Kier molecular flexibility index (Phi) is 5.74. The molecule has 5 nitrogen and oxygen atoms in total. The lowest BCUT2D eigenvalue weighted by atomic mass is 9.97. The van der Waals surface area contributed by atoms with Gasteiger partial charge in [0, 0.05) is 54.3 Å². The van der Waals surface area contributed by atoms with Gasteiger partial charge in [-0.1, -0.05) is 30.3 Å². The maximum atomic E-state index is 12.8. The summed E-state index contributed by atoms with van der Waals surface area (Å²) < 4.78 is 3.32. The van der Waals surface area contributed by atoms with E-state index in [4.69, 9.17) is 10.2 Å². The largest absolute Gasteiger partial charge is 0.346 e. The molecule has 0 radical (unpaired) electrons. The average molecular weight is 441 g/mol. The molecule has 1 aliphatic rings. The molecule has 0 atom stereocenters. The van der Waals surface area contributed by atoms with Gasteiger partial charge in [-0.25, -0.2) is 4.98 Å². The summed E-state index contributed by atoms with van der Waals surface area (Å²) in [6, 6.07) is 18.6. The first-order valence-electron chi connectivity index (χ1n) is 11.0. The Morgan fingerprint density at radius 1 is 1.16 bits per heavy atom. The molecule has 160 valence electrons. The molecule has 1 saturated heterocycles. The predicted octanol–water partition coefficient (Wildman–Crippen LogP) is 5.58. The smallest absolute Gasteiger partial charge is 0.246 e. The first kappa shape index (κ1) is 20.5. The molecule has 6 heteroatoms. The molecule has 0 spiro atoms. The Labute approximate surface area is 191 Å². The number of likely N-dealkylation sites (tertiary alicyclic amines) is 1. The molecular formula is C26H24N4OS. The molecule has 1 aliphatic heterocycles. The van der Waals surface area contributed by atoms with Crippen molar-refractivity contribution < 1.29 is 4.79 Å². The lowest BCUT2D eigenvalue weighted by Crippen LogP contribution is -2.36. The zero-order valence-corrected chi connectivity index (χ0v) is 18.6. The maximum Gasteiger partial charge on any atom is 0.246 e. The summed E-state index contributed by atoms with van der Waals surface area (Å²) in [7, 11) is 0. The van der Waals surface area contributed by atoms with E-state index >= 15 is 0 Å². The van der Waals surface area contributed by atoms with Gasteiger partial charge in [0.05, 0.1) is 27.7 Å². The number of amides is 1. The minimum atomic E-state index is 0.0570. The van der Waals surface area contributed by atoms with Crippen LogP contribution in [0.4, 0.5) is 0 Å². The second-order valence-electron chi connectivity index (χ2n) is 8.16. The highest BCUT2D eigenvalue weighted by Crippen LogP contribution is 2.34. The first-order valence-corrected chi connectivity index (χ1v) is 11.8. The molecule has 0 unspecified atom stereocenters. The van der Waals surface area contributed by atoms with Crippen molar-refractivity contribution in [1.29, 1.82) is 5.26 Å². The van der Waals surface area contributed by atoms with Crippen molar-refractivity contribution in [3.8, 4) is 6.07 Å². The van der Waals surface area contributed by atoms with Crippen LogP contribution in [-0.2, 0) is 11.3 Å². The summed E-state index contributed by atoms with van der Waals surface area (Å²) in [5, 5.41) is 11.2. The van der Waals surface area contributed by atoms with Crippen LogP contribution in [0.25, 0.3) is 27.2 Å². The van der Waals surface area contributed by atoms with Crippen LogP contribution in [0.15, 0.2) is 60.8 Å². The number of fused-ring (bicyclic) bond motifs is 2. The van der Waals surface area contributed by atoms with Crippen LogP contribution >= 0.6 is 11.3 Å². The zero-order chi connectivity index (χ0) is 21.9. The van der Waals surface area contributed by atoms with Crippen molar-refractivity contribution in [2.24, 2.45) is 0 Å². The number of aromatic nitrogens is 2. The van der Waals surface area contributed by atoms with Crippen LogP contribution in [0.3, 0.4) is 0 Å². The van der Waals surface area contributed by atoms with Gasteiger partial charge in [-0.2, -0.15) is 5.26 Å². The van der Waals surface area contributed by atoms with Gasteiger partial charge in [-0.15, -0.1) is 11.3 Å². The van der Waals surface area contributed by atoms with E-state index in [1.165, 1.54) is 9.71 Å². The minimum absolute atomic E-state index is 0.0570. The fourth-order valence-electron chi connectivity index (χ4n) is 4.44. The number of rotatable bonds is 5. The normalized spacial score (nSPS) is 15.0. The molecule has 4 aromatic rings. The quantitative estimate of drug-likeness (QED) is 0.380. The third-order valence-electron chi connectivity index (χ3n) is 6.16. The van der Waals surface area contributed by atoms with Gasteiger partial charge in [0.2, 0.25) is 5.91 Å². The van der Waals surface area contributed by atoms with Crippen LogP contribution in [0, 0.1) is 11.3 Å². The van der Waals surface area contributed by atoms with Gasteiger partial charge in [0.1, 0.15) is 0 Å².